The van der Waals surface area contributed by atoms with Gasteiger partial charge in [-0.2, -0.15) is 0 Å². The van der Waals surface area contributed by atoms with Crippen LogP contribution in [0.4, 0.5) is 0 Å². The predicted molar refractivity (Wildman–Crippen MR) is 74.3 cm³/mol. The van der Waals surface area contributed by atoms with Gasteiger partial charge in [-0.25, -0.2) is 0 Å². The molecule has 2 fully saturated rings. The number of nitrogens with zero attached hydrogens (tertiary/aromatic N) is 1. The predicted octanol–water partition coefficient (Wildman–Crippen LogP) is 2.89. The first-order chi connectivity index (χ1) is 8.11. The zero-order chi connectivity index (χ0) is 12.3. The fourth-order valence-electron chi connectivity index (χ4n) is 3.66. The molecule has 1 heterocycles. The van der Waals surface area contributed by atoms with Gasteiger partial charge >= 0.3 is 0 Å². The maximum Gasteiger partial charge on any atom is 0.0223 e. The summed E-state index contributed by atoms with van der Waals surface area (Å²) in [5.74, 6) is 0.943. The van der Waals surface area contributed by atoms with Gasteiger partial charge in [0.05, 0.1) is 0 Å². The van der Waals surface area contributed by atoms with Crippen molar-refractivity contribution in [3.8, 4) is 0 Å². The van der Waals surface area contributed by atoms with Crippen LogP contribution in [0.15, 0.2) is 0 Å². The van der Waals surface area contributed by atoms with E-state index in [1.165, 1.54) is 51.7 Å². The van der Waals surface area contributed by atoms with Crippen LogP contribution < -0.4 is 5.32 Å². The summed E-state index contributed by atoms with van der Waals surface area (Å²) < 4.78 is 0. The first kappa shape index (κ1) is 13.4. The number of likely N-dealkylation sites (N-methyl/N-ethyl adjacent to an activating group) is 1. The largest absolute Gasteiger partial charge is 0.313 e. The van der Waals surface area contributed by atoms with E-state index >= 15 is 0 Å². The van der Waals surface area contributed by atoms with Crippen molar-refractivity contribution in [2.24, 2.45) is 11.3 Å². The summed E-state index contributed by atoms with van der Waals surface area (Å²) in [6.07, 6.45) is 7.19. The Hall–Kier alpha value is -0.0800. The van der Waals surface area contributed by atoms with Crippen LogP contribution >= 0.6 is 0 Å². The molecule has 0 aromatic carbocycles. The number of likely N-dealkylation sites (tertiary alicyclic amines) is 1. The molecule has 100 valence electrons. The molecule has 1 unspecified atom stereocenters. The lowest BCUT2D eigenvalue weighted by Gasteiger charge is -2.29. The summed E-state index contributed by atoms with van der Waals surface area (Å²) in [6, 6.07) is 0.747. The van der Waals surface area contributed by atoms with Crippen LogP contribution in [-0.2, 0) is 0 Å². The molecule has 1 saturated heterocycles. The topological polar surface area (TPSA) is 15.3 Å². The van der Waals surface area contributed by atoms with Crippen molar-refractivity contribution in [1.29, 1.82) is 0 Å². The van der Waals surface area contributed by atoms with E-state index in [1.807, 2.05) is 0 Å². The first-order valence-electron chi connectivity index (χ1n) is 7.56. The van der Waals surface area contributed by atoms with E-state index in [2.05, 4.69) is 31.0 Å². The Bertz CT molecular complexity index is 231. The summed E-state index contributed by atoms with van der Waals surface area (Å²) in [7, 11) is 0. The Kier molecular flexibility index (Phi) is 4.48. The fourth-order valence-corrected chi connectivity index (χ4v) is 3.66. The summed E-state index contributed by atoms with van der Waals surface area (Å²) in [4.78, 5) is 2.69. The van der Waals surface area contributed by atoms with E-state index in [1.54, 1.807) is 0 Å². The Morgan fingerprint density at radius 3 is 2.53 bits per heavy atom. The van der Waals surface area contributed by atoms with Gasteiger partial charge in [-0.15, -0.1) is 0 Å². The van der Waals surface area contributed by atoms with E-state index in [0.29, 0.717) is 5.41 Å². The Balaban J connectivity index is 1.84. The van der Waals surface area contributed by atoms with Crippen molar-refractivity contribution >= 4 is 0 Å². The fraction of sp³-hybridized carbons (Fsp3) is 1.00. The van der Waals surface area contributed by atoms with E-state index in [4.69, 9.17) is 0 Å². The standard InChI is InChI=1S/C15H30N2/c1-4-16-14(13-7-5-6-8-13)11-17-10-9-15(2,3)12-17/h13-14,16H,4-12H2,1-3H3. The highest BCUT2D eigenvalue weighted by molar-refractivity contribution is 4.88. The molecule has 2 heteroatoms. The van der Waals surface area contributed by atoms with Gasteiger partial charge in [0.15, 0.2) is 0 Å². The van der Waals surface area contributed by atoms with Crippen molar-refractivity contribution in [2.75, 3.05) is 26.2 Å². The highest BCUT2D eigenvalue weighted by atomic mass is 15.2. The van der Waals surface area contributed by atoms with Gasteiger partial charge in [0, 0.05) is 19.1 Å². The number of nitrogens with one attached hydrogen (secondary N) is 1. The maximum atomic E-state index is 3.74. The molecule has 1 aliphatic carbocycles. The van der Waals surface area contributed by atoms with Crippen molar-refractivity contribution < 1.29 is 0 Å². The highest BCUT2D eigenvalue weighted by Gasteiger charge is 2.32. The average molecular weight is 238 g/mol. The van der Waals surface area contributed by atoms with Gasteiger partial charge in [0.2, 0.25) is 0 Å². The Morgan fingerprint density at radius 1 is 1.29 bits per heavy atom. The van der Waals surface area contributed by atoms with Crippen molar-refractivity contribution in [3.63, 3.8) is 0 Å². The van der Waals surface area contributed by atoms with Gasteiger partial charge in [0.1, 0.15) is 0 Å². The third-order valence-electron chi connectivity index (χ3n) is 4.65. The zero-order valence-electron chi connectivity index (χ0n) is 12.0. The molecule has 2 nitrogen and oxygen atoms in total. The molecule has 0 bridgehead atoms. The highest BCUT2D eigenvalue weighted by Crippen LogP contribution is 2.32. The minimum absolute atomic E-state index is 0.548. The number of hydrogen-bond acceptors (Lipinski definition) is 2. The average Bonchev–Trinajstić information content (AvgIpc) is 2.87. The molecule has 0 aromatic rings. The van der Waals surface area contributed by atoms with E-state index < -0.39 is 0 Å². The molecule has 2 aliphatic rings. The second-order valence-corrected chi connectivity index (χ2v) is 6.86. The van der Waals surface area contributed by atoms with Crippen molar-refractivity contribution in [3.05, 3.63) is 0 Å². The molecule has 0 amide bonds. The van der Waals surface area contributed by atoms with E-state index in [-0.39, 0.29) is 0 Å². The molecule has 0 aromatic heterocycles. The quantitative estimate of drug-likeness (QED) is 0.792. The van der Waals surface area contributed by atoms with Crippen molar-refractivity contribution in [2.45, 2.75) is 58.9 Å². The van der Waals surface area contributed by atoms with Crippen LogP contribution in [0.5, 0.6) is 0 Å². The molecule has 1 atom stereocenters. The molecule has 1 saturated carbocycles. The first-order valence-corrected chi connectivity index (χ1v) is 7.56. The monoisotopic (exact) mass is 238 g/mol. The smallest absolute Gasteiger partial charge is 0.0223 e. The lowest BCUT2D eigenvalue weighted by molar-refractivity contribution is 0.225. The molecule has 0 spiro atoms. The molecule has 17 heavy (non-hydrogen) atoms. The summed E-state index contributed by atoms with van der Waals surface area (Å²) in [5, 5.41) is 3.74. The molecule has 1 N–H and O–H groups in total. The van der Waals surface area contributed by atoms with E-state index in [9.17, 15) is 0 Å². The second kappa shape index (κ2) is 5.71. The van der Waals surface area contributed by atoms with Crippen LogP contribution in [0.2, 0.25) is 0 Å². The minimum Gasteiger partial charge on any atom is -0.313 e. The van der Waals surface area contributed by atoms with Gasteiger partial charge in [-0.3, -0.25) is 0 Å². The molecule has 1 aliphatic heterocycles. The third kappa shape index (κ3) is 3.69. The van der Waals surface area contributed by atoms with Gasteiger partial charge in [-0.05, 0) is 43.7 Å². The van der Waals surface area contributed by atoms with Crippen LogP contribution in [0, 0.1) is 11.3 Å². The zero-order valence-corrected chi connectivity index (χ0v) is 12.0. The Labute approximate surface area is 107 Å². The second-order valence-electron chi connectivity index (χ2n) is 6.86. The van der Waals surface area contributed by atoms with Crippen LogP contribution in [0.25, 0.3) is 0 Å². The molecular weight excluding hydrogens is 208 g/mol. The summed E-state index contributed by atoms with van der Waals surface area (Å²) in [5.41, 5.74) is 0.548. The number of rotatable bonds is 5. The Morgan fingerprint density at radius 2 is 2.00 bits per heavy atom. The van der Waals surface area contributed by atoms with E-state index in [0.717, 1.165) is 18.5 Å². The van der Waals surface area contributed by atoms with Gasteiger partial charge in [-0.1, -0.05) is 33.6 Å². The van der Waals surface area contributed by atoms with Crippen LogP contribution in [0.1, 0.15) is 52.9 Å². The normalized spacial score (nSPS) is 27.7. The van der Waals surface area contributed by atoms with Gasteiger partial charge < -0.3 is 10.2 Å². The number of hydrogen-bond donors (Lipinski definition) is 1. The summed E-state index contributed by atoms with van der Waals surface area (Å²) >= 11 is 0. The lowest BCUT2D eigenvalue weighted by atomic mass is 9.93. The van der Waals surface area contributed by atoms with Crippen LogP contribution in [-0.4, -0.2) is 37.1 Å². The third-order valence-corrected chi connectivity index (χ3v) is 4.65. The molecule has 0 radical (unpaired) electrons. The minimum atomic E-state index is 0.548. The molecular formula is C15H30N2. The molecule has 2 rings (SSSR count). The van der Waals surface area contributed by atoms with Crippen molar-refractivity contribution in [1.82, 2.24) is 10.2 Å². The maximum absolute atomic E-state index is 3.74. The van der Waals surface area contributed by atoms with Crippen LogP contribution in [0.3, 0.4) is 0 Å². The SMILES string of the molecule is CCNC(CN1CCC(C)(C)C1)C1CCCC1. The van der Waals surface area contributed by atoms with Gasteiger partial charge in [0.25, 0.3) is 0 Å². The lowest BCUT2D eigenvalue weighted by Crippen LogP contribution is -2.44. The summed E-state index contributed by atoms with van der Waals surface area (Å²) in [6.45, 7) is 12.1.